The molecule has 2 aromatic carbocycles. The molecule has 0 aromatic heterocycles. The van der Waals surface area contributed by atoms with Crippen LogP contribution in [0.1, 0.15) is 13.8 Å². The van der Waals surface area contributed by atoms with Gasteiger partial charge in [-0.1, -0.05) is 23.2 Å². The lowest BCUT2D eigenvalue weighted by Gasteiger charge is -2.45. The Hall–Kier alpha value is -1.24. The summed E-state index contributed by atoms with van der Waals surface area (Å²) in [5, 5.41) is -1.03. The Morgan fingerprint density at radius 2 is 0.943 bits per heavy atom. The molecule has 0 unspecified atom stereocenters. The SMILES string of the molecule is C[C@H](C1OCC2(CO1)COC([C@H](C)S(=O)(=O)c1ccc(Cl)cc1)OC2)S(=O)(=O)c1ccc(Cl)cc1. The number of hydrogen-bond donors (Lipinski definition) is 0. The summed E-state index contributed by atoms with van der Waals surface area (Å²) in [7, 11) is -7.42. The quantitative estimate of drug-likeness (QED) is 0.522. The molecule has 0 radical (unpaired) electrons. The molecule has 2 aromatic rings. The van der Waals surface area contributed by atoms with Crippen LogP contribution in [0.2, 0.25) is 10.0 Å². The van der Waals surface area contributed by atoms with E-state index in [0.29, 0.717) is 10.0 Å². The van der Waals surface area contributed by atoms with Crippen LogP contribution in [0, 0.1) is 5.41 Å². The Balaban J connectivity index is 1.35. The molecule has 0 N–H and O–H groups in total. The van der Waals surface area contributed by atoms with Gasteiger partial charge in [0, 0.05) is 10.0 Å². The summed E-state index contributed by atoms with van der Waals surface area (Å²) in [4.78, 5) is 0.259. The molecule has 12 heteroatoms. The maximum absolute atomic E-state index is 12.9. The van der Waals surface area contributed by atoms with Gasteiger partial charge in [0.25, 0.3) is 0 Å². The van der Waals surface area contributed by atoms with Crippen molar-refractivity contribution in [1.82, 2.24) is 0 Å². The highest BCUT2D eigenvalue weighted by atomic mass is 35.5. The minimum Gasteiger partial charge on any atom is -0.350 e. The Morgan fingerprint density at radius 3 is 1.23 bits per heavy atom. The van der Waals surface area contributed by atoms with Gasteiger partial charge in [-0.05, 0) is 62.4 Å². The summed E-state index contributed by atoms with van der Waals surface area (Å²) in [6.45, 7) is 3.62. The maximum Gasteiger partial charge on any atom is 0.185 e. The van der Waals surface area contributed by atoms with E-state index in [1.165, 1.54) is 62.4 Å². The summed E-state index contributed by atoms with van der Waals surface area (Å²) in [5.41, 5.74) is -0.666. The van der Waals surface area contributed by atoms with Gasteiger partial charge in [0.1, 0.15) is 10.5 Å². The van der Waals surface area contributed by atoms with Crippen LogP contribution in [0.25, 0.3) is 0 Å². The molecule has 2 atom stereocenters. The predicted molar refractivity (Wildman–Crippen MR) is 130 cm³/mol. The molecule has 192 valence electrons. The van der Waals surface area contributed by atoms with Crippen molar-refractivity contribution in [3.05, 3.63) is 58.6 Å². The summed E-state index contributed by atoms with van der Waals surface area (Å²) < 4.78 is 74.9. The van der Waals surface area contributed by atoms with E-state index in [2.05, 4.69) is 0 Å². The van der Waals surface area contributed by atoms with E-state index in [1.807, 2.05) is 0 Å². The van der Waals surface area contributed by atoms with Crippen LogP contribution >= 0.6 is 23.2 Å². The van der Waals surface area contributed by atoms with E-state index in [9.17, 15) is 16.8 Å². The van der Waals surface area contributed by atoms with Crippen LogP contribution in [-0.4, -0.2) is 66.3 Å². The van der Waals surface area contributed by atoms with Crippen LogP contribution in [0.15, 0.2) is 58.3 Å². The number of hydrogen-bond acceptors (Lipinski definition) is 8. The van der Waals surface area contributed by atoms with Gasteiger partial charge in [0.2, 0.25) is 0 Å². The number of rotatable bonds is 6. The first-order valence-electron chi connectivity index (χ1n) is 10.9. The van der Waals surface area contributed by atoms with Crippen LogP contribution in [0.5, 0.6) is 0 Å². The molecule has 0 aliphatic carbocycles. The van der Waals surface area contributed by atoms with Crippen LogP contribution in [0.3, 0.4) is 0 Å². The molecule has 35 heavy (non-hydrogen) atoms. The fraction of sp³-hybridized carbons (Fsp3) is 0.478. The molecule has 8 nitrogen and oxygen atoms in total. The molecule has 0 saturated carbocycles. The monoisotopic (exact) mass is 564 g/mol. The highest BCUT2D eigenvalue weighted by molar-refractivity contribution is 7.92. The van der Waals surface area contributed by atoms with Crippen LogP contribution in [-0.2, 0) is 38.6 Å². The second-order valence-electron chi connectivity index (χ2n) is 8.89. The molecule has 2 aliphatic rings. The fourth-order valence-corrected chi connectivity index (χ4v) is 6.94. The smallest absolute Gasteiger partial charge is 0.185 e. The highest BCUT2D eigenvalue weighted by Gasteiger charge is 2.47. The molecule has 0 bridgehead atoms. The van der Waals surface area contributed by atoms with Crippen molar-refractivity contribution in [1.29, 1.82) is 0 Å². The van der Waals surface area contributed by atoms with E-state index in [0.717, 1.165) is 0 Å². The number of ether oxygens (including phenoxy) is 4. The average molecular weight is 565 g/mol. The van der Waals surface area contributed by atoms with Gasteiger partial charge in [0.05, 0.1) is 41.6 Å². The van der Waals surface area contributed by atoms with Gasteiger partial charge < -0.3 is 18.9 Å². The molecule has 1 spiro atoms. The van der Waals surface area contributed by atoms with Gasteiger partial charge in [0.15, 0.2) is 32.3 Å². The standard InChI is InChI=1S/C23H26Cl2O8S2/c1-15(34(26,27)19-7-3-17(24)4-8-19)21-30-11-23(12-31-21)13-32-22(33-14-23)16(2)35(28,29)20-9-5-18(25)6-10-20/h3-10,15-16,21-22H,11-14H2,1-2H3/t15-,16+,21?,22?,23?. The summed E-state index contributed by atoms with van der Waals surface area (Å²) in [5.74, 6) is 0. The zero-order chi connectivity index (χ0) is 25.4. The number of benzene rings is 2. The second kappa shape index (κ2) is 10.3. The summed E-state index contributed by atoms with van der Waals surface area (Å²) in [6, 6.07) is 11.8. The minimum absolute atomic E-state index is 0.130. The second-order valence-corrected chi connectivity index (χ2v) is 14.4. The zero-order valence-corrected chi connectivity index (χ0v) is 22.2. The largest absolute Gasteiger partial charge is 0.350 e. The van der Waals surface area contributed by atoms with Gasteiger partial charge >= 0.3 is 0 Å². The van der Waals surface area contributed by atoms with E-state index in [-0.39, 0.29) is 36.2 Å². The molecular formula is C23H26Cl2O8S2. The fourth-order valence-electron chi connectivity index (χ4n) is 3.89. The lowest BCUT2D eigenvalue weighted by atomic mass is 9.90. The molecule has 0 amide bonds. The molecule has 2 saturated heterocycles. The van der Waals surface area contributed by atoms with Gasteiger partial charge in [-0.25, -0.2) is 16.8 Å². The van der Waals surface area contributed by atoms with Gasteiger partial charge in [-0.15, -0.1) is 0 Å². The third kappa shape index (κ3) is 5.55. The minimum atomic E-state index is -3.71. The van der Waals surface area contributed by atoms with E-state index in [4.69, 9.17) is 42.1 Å². The summed E-state index contributed by atoms with van der Waals surface area (Å²) in [6.07, 6.45) is -1.94. The van der Waals surface area contributed by atoms with E-state index in [1.54, 1.807) is 0 Å². The molecule has 2 aliphatic heterocycles. The van der Waals surface area contributed by atoms with Crippen molar-refractivity contribution in [3.8, 4) is 0 Å². The number of halogens is 2. The Bertz CT molecular complexity index is 1130. The Morgan fingerprint density at radius 1 is 0.657 bits per heavy atom. The normalized spacial score (nSPS) is 27.4. The molecule has 4 rings (SSSR count). The highest BCUT2D eigenvalue weighted by Crippen LogP contribution is 2.35. The van der Waals surface area contributed by atoms with Crippen molar-refractivity contribution in [3.63, 3.8) is 0 Å². The first kappa shape index (κ1) is 26.8. The van der Waals surface area contributed by atoms with E-state index >= 15 is 0 Å². The van der Waals surface area contributed by atoms with Crippen molar-refractivity contribution < 1.29 is 35.8 Å². The van der Waals surface area contributed by atoms with Crippen molar-refractivity contribution in [2.24, 2.45) is 5.41 Å². The van der Waals surface area contributed by atoms with Crippen LogP contribution in [0.4, 0.5) is 0 Å². The van der Waals surface area contributed by atoms with Crippen molar-refractivity contribution in [2.45, 2.75) is 46.7 Å². The van der Waals surface area contributed by atoms with Crippen LogP contribution < -0.4 is 0 Å². The third-order valence-corrected chi connectivity index (χ3v) is 11.0. The summed E-state index contributed by atoms with van der Waals surface area (Å²) >= 11 is 11.7. The first-order chi connectivity index (χ1) is 16.4. The topological polar surface area (TPSA) is 105 Å². The van der Waals surface area contributed by atoms with Gasteiger partial charge in [-0.3, -0.25) is 0 Å². The van der Waals surface area contributed by atoms with Crippen molar-refractivity contribution >= 4 is 42.9 Å². The molecule has 2 fully saturated rings. The van der Waals surface area contributed by atoms with Gasteiger partial charge in [-0.2, -0.15) is 0 Å². The molecular weight excluding hydrogens is 539 g/mol. The average Bonchev–Trinajstić information content (AvgIpc) is 2.85. The zero-order valence-electron chi connectivity index (χ0n) is 19.1. The maximum atomic E-state index is 12.9. The van der Waals surface area contributed by atoms with E-state index < -0.39 is 48.2 Å². The lowest BCUT2D eigenvalue weighted by Crippen LogP contribution is -2.56. The predicted octanol–water partition coefficient (Wildman–Crippen LogP) is 3.75. The number of sulfone groups is 2. The third-order valence-electron chi connectivity index (χ3n) is 6.24. The Kier molecular flexibility index (Phi) is 7.86. The first-order valence-corrected chi connectivity index (χ1v) is 14.7. The van der Waals surface area contributed by atoms with Crippen molar-refractivity contribution in [2.75, 3.05) is 26.4 Å². The Labute approximate surface area is 215 Å². The lowest BCUT2D eigenvalue weighted by molar-refractivity contribution is -0.300. The molecule has 2 heterocycles.